The highest BCUT2D eigenvalue weighted by molar-refractivity contribution is 5.87. The van der Waals surface area contributed by atoms with E-state index >= 15 is 0 Å². The molecule has 3 rings (SSSR count). The third kappa shape index (κ3) is 2.05. The summed E-state index contributed by atoms with van der Waals surface area (Å²) in [5.74, 6) is 0. The van der Waals surface area contributed by atoms with Crippen LogP contribution in [0.3, 0.4) is 0 Å². The molecule has 1 unspecified atom stereocenters. The molecular weight excluding hydrogens is 246 g/mol. The second-order valence-corrected chi connectivity index (χ2v) is 6.30. The maximum absolute atomic E-state index is 6.05. The van der Waals surface area contributed by atoms with Crippen LogP contribution in [0.25, 0.3) is 10.9 Å². The van der Waals surface area contributed by atoms with E-state index in [-0.39, 0.29) is 6.04 Å². The Kier molecular flexibility index (Phi) is 3.35. The van der Waals surface area contributed by atoms with Crippen LogP contribution in [-0.4, -0.2) is 22.6 Å². The zero-order chi connectivity index (χ0) is 14.4. The molecule has 2 N–H and O–H groups in total. The summed E-state index contributed by atoms with van der Waals surface area (Å²) in [6.45, 7) is 9.71. The van der Waals surface area contributed by atoms with Crippen molar-refractivity contribution in [2.45, 2.75) is 52.9 Å². The lowest BCUT2D eigenvalue weighted by Crippen LogP contribution is -2.18. The maximum atomic E-state index is 6.05. The highest BCUT2D eigenvalue weighted by Crippen LogP contribution is 2.32. The van der Waals surface area contributed by atoms with Crippen molar-refractivity contribution in [3.63, 3.8) is 0 Å². The van der Waals surface area contributed by atoms with Gasteiger partial charge in [0.25, 0.3) is 0 Å². The largest absolute Gasteiger partial charge is 0.345 e. The summed E-state index contributed by atoms with van der Waals surface area (Å²) < 4.78 is 2.44. The Labute approximate surface area is 121 Å². The molecule has 1 aromatic heterocycles. The minimum Gasteiger partial charge on any atom is -0.345 e. The second-order valence-electron chi connectivity index (χ2n) is 6.30. The number of aryl methyl sites for hydroxylation is 1. The monoisotopic (exact) mass is 271 g/mol. The van der Waals surface area contributed by atoms with Gasteiger partial charge in [-0.05, 0) is 63.1 Å². The fraction of sp³-hybridized carbons (Fsp3) is 0.529. The maximum Gasteiger partial charge on any atom is 0.0488 e. The van der Waals surface area contributed by atoms with Crippen molar-refractivity contribution in [2.75, 3.05) is 7.05 Å². The van der Waals surface area contributed by atoms with Crippen molar-refractivity contribution >= 4 is 10.9 Å². The van der Waals surface area contributed by atoms with E-state index < -0.39 is 0 Å². The number of hydrogen-bond donors (Lipinski definition) is 1. The Hall–Kier alpha value is -1.32. The van der Waals surface area contributed by atoms with Crippen LogP contribution in [0.4, 0.5) is 0 Å². The molecule has 1 atom stereocenters. The van der Waals surface area contributed by atoms with E-state index in [9.17, 15) is 0 Å². The van der Waals surface area contributed by atoms with Gasteiger partial charge in [-0.3, -0.25) is 4.90 Å². The predicted molar refractivity (Wildman–Crippen MR) is 84.9 cm³/mol. The number of aromatic nitrogens is 1. The Morgan fingerprint density at radius 2 is 1.90 bits per heavy atom. The van der Waals surface area contributed by atoms with Crippen LogP contribution in [-0.2, 0) is 26.1 Å². The molecular formula is C17H25N3. The highest BCUT2D eigenvalue weighted by Gasteiger charge is 2.21. The summed E-state index contributed by atoms with van der Waals surface area (Å²) in [5, 5.41) is 1.41. The quantitative estimate of drug-likeness (QED) is 0.931. The topological polar surface area (TPSA) is 34.2 Å². The Balaban J connectivity index is 2.23. The van der Waals surface area contributed by atoms with E-state index in [0.29, 0.717) is 0 Å². The van der Waals surface area contributed by atoms with Crippen molar-refractivity contribution < 1.29 is 0 Å². The first-order chi connectivity index (χ1) is 9.51. The van der Waals surface area contributed by atoms with Crippen LogP contribution in [0.2, 0.25) is 0 Å². The molecule has 0 saturated carbocycles. The van der Waals surface area contributed by atoms with Crippen molar-refractivity contribution in [1.29, 1.82) is 0 Å². The summed E-state index contributed by atoms with van der Waals surface area (Å²) in [6.07, 6.45) is 0.962. The number of rotatable bonds is 3. The number of nitrogens with two attached hydrogens (primary N) is 1. The normalized spacial score (nSPS) is 16.9. The third-order valence-corrected chi connectivity index (χ3v) is 4.50. The zero-order valence-electron chi connectivity index (χ0n) is 13.0. The van der Waals surface area contributed by atoms with Crippen LogP contribution in [0.1, 0.15) is 36.2 Å². The van der Waals surface area contributed by atoms with Crippen molar-refractivity contribution in [3.8, 4) is 0 Å². The van der Waals surface area contributed by atoms with Gasteiger partial charge < -0.3 is 10.3 Å². The molecule has 0 fully saturated rings. The molecule has 1 aliphatic rings. The lowest BCUT2D eigenvalue weighted by atomic mass is 10.0. The molecule has 0 spiro atoms. The van der Waals surface area contributed by atoms with Crippen LogP contribution in [0.5, 0.6) is 0 Å². The van der Waals surface area contributed by atoms with Gasteiger partial charge in [-0.15, -0.1) is 0 Å². The summed E-state index contributed by atoms with van der Waals surface area (Å²) in [7, 11) is 2.19. The van der Waals surface area contributed by atoms with Crippen molar-refractivity contribution in [2.24, 2.45) is 5.73 Å². The molecule has 1 aromatic carbocycles. The summed E-state index contributed by atoms with van der Waals surface area (Å²) in [6, 6.07) is 5.01. The molecule has 0 amide bonds. The first-order valence-electron chi connectivity index (χ1n) is 7.58. The molecule has 2 heterocycles. The first kappa shape index (κ1) is 13.7. The van der Waals surface area contributed by atoms with E-state index in [1.54, 1.807) is 0 Å². The Bertz CT molecular complexity index is 652. The van der Waals surface area contributed by atoms with E-state index in [1.165, 1.54) is 33.3 Å². The molecule has 0 aliphatic carbocycles. The van der Waals surface area contributed by atoms with Gasteiger partial charge in [-0.1, -0.05) is 0 Å². The molecule has 0 radical (unpaired) electrons. The molecule has 0 saturated heterocycles. The summed E-state index contributed by atoms with van der Waals surface area (Å²) >= 11 is 0. The number of hydrogen-bond acceptors (Lipinski definition) is 2. The molecule has 0 bridgehead atoms. The second kappa shape index (κ2) is 4.90. The average Bonchev–Trinajstić information content (AvgIpc) is 2.84. The van der Waals surface area contributed by atoms with Crippen LogP contribution in [0.15, 0.2) is 12.1 Å². The van der Waals surface area contributed by atoms with Crippen LogP contribution >= 0.6 is 0 Å². The summed E-state index contributed by atoms with van der Waals surface area (Å²) in [4.78, 5) is 2.37. The summed E-state index contributed by atoms with van der Waals surface area (Å²) in [5.41, 5.74) is 13.2. The van der Waals surface area contributed by atoms with E-state index in [1.807, 2.05) is 0 Å². The van der Waals surface area contributed by atoms with E-state index in [0.717, 1.165) is 26.1 Å². The van der Waals surface area contributed by atoms with Crippen LogP contribution in [0, 0.1) is 6.92 Å². The van der Waals surface area contributed by atoms with Gasteiger partial charge in [-0.2, -0.15) is 0 Å². The van der Waals surface area contributed by atoms with E-state index in [4.69, 9.17) is 5.73 Å². The van der Waals surface area contributed by atoms with Gasteiger partial charge in [0.05, 0.1) is 0 Å². The van der Waals surface area contributed by atoms with Gasteiger partial charge in [0, 0.05) is 42.3 Å². The van der Waals surface area contributed by atoms with Gasteiger partial charge in [0.1, 0.15) is 0 Å². The number of benzene rings is 1. The molecule has 20 heavy (non-hydrogen) atoms. The lowest BCUT2D eigenvalue weighted by Gasteiger charge is -2.07. The van der Waals surface area contributed by atoms with Crippen molar-refractivity contribution in [1.82, 2.24) is 9.47 Å². The average molecular weight is 271 g/mol. The van der Waals surface area contributed by atoms with Gasteiger partial charge in [-0.25, -0.2) is 0 Å². The van der Waals surface area contributed by atoms with Gasteiger partial charge >= 0.3 is 0 Å². The molecule has 3 nitrogen and oxygen atoms in total. The first-order valence-corrected chi connectivity index (χ1v) is 7.58. The molecule has 2 aromatic rings. The zero-order valence-corrected chi connectivity index (χ0v) is 13.0. The standard InChI is InChI=1S/C17H25N3/c1-5-20-12(3)15(6-11(2)18)16-7-13-9-19(4)10-14(13)8-17(16)20/h7-8,11H,5-6,9-10,18H2,1-4H3. The minimum absolute atomic E-state index is 0.209. The SMILES string of the molecule is CCn1c(C)c(CC(C)N)c2cc3c(cc21)CN(C)C3. The third-order valence-electron chi connectivity index (χ3n) is 4.50. The Morgan fingerprint density at radius 1 is 1.25 bits per heavy atom. The predicted octanol–water partition coefficient (Wildman–Crippen LogP) is 2.80. The van der Waals surface area contributed by atoms with E-state index in [2.05, 4.69) is 49.4 Å². The molecule has 1 aliphatic heterocycles. The molecule has 108 valence electrons. The smallest absolute Gasteiger partial charge is 0.0488 e. The Morgan fingerprint density at radius 3 is 2.50 bits per heavy atom. The highest BCUT2D eigenvalue weighted by atomic mass is 15.1. The van der Waals surface area contributed by atoms with Gasteiger partial charge in [0.15, 0.2) is 0 Å². The minimum atomic E-state index is 0.209. The molecule has 3 heteroatoms. The van der Waals surface area contributed by atoms with Crippen LogP contribution < -0.4 is 5.73 Å². The fourth-order valence-corrected chi connectivity index (χ4v) is 3.60. The number of nitrogens with zero attached hydrogens (tertiary/aromatic N) is 2. The number of fused-ring (bicyclic) bond motifs is 2. The van der Waals surface area contributed by atoms with Crippen molar-refractivity contribution in [3.05, 3.63) is 34.5 Å². The fourth-order valence-electron chi connectivity index (χ4n) is 3.60. The van der Waals surface area contributed by atoms with Gasteiger partial charge in [0.2, 0.25) is 0 Å². The lowest BCUT2D eigenvalue weighted by molar-refractivity contribution is 0.353.